The highest BCUT2D eigenvalue weighted by Gasteiger charge is 2.08. The van der Waals surface area contributed by atoms with Crippen LogP contribution in [0.3, 0.4) is 0 Å². The Kier molecular flexibility index (Phi) is 5.31. The minimum atomic E-state index is -0.187. The summed E-state index contributed by atoms with van der Waals surface area (Å²) in [4.78, 5) is 16.5. The second-order valence-corrected chi connectivity index (χ2v) is 6.20. The molecular weight excluding hydrogens is 334 g/mol. The molecule has 25 heavy (non-hydrogen) atoms. The molecule has 2 N–H and O–H groups in total. The third-order valence-electron chi connectivity index (χ3n) is 3.69. The van der Waals surface area contributed by atoms with Crippen LogP contribution in [0, 0.1) is 6.92 Å². The van der Waals surface area contributed by atoms with Crippen LogP contribution in [0.15, 0.2) is 67.0 Å². The first-order valence-corrected chi connectivity index (χ1v) is 8.29. The molecule has 0 aliphatic carbocycles. The number of anilines is 2. The van der Waals surface area contributed by atoms with Crippen molar-refractivity contribution in [2.75, 3.05) is 10.6 Å². The van der Waals surface area contributed by atoms with Gasteiger partial charge in [0.25, 0.3) is 5.91 Å². The van der Waals surface area contributed by atoms with Crippen molar-refractivity contribution in [3.63, 3.8) is 0 Å². The lowest BCUT2D eigenvalue weighted by molar-refractivity contribution is 0.102. The molecule has 1 aromatic heterocycles. The highest BCUT2D eigenvalue weighted by molar-refractivity contribution is 6.30. The number of halogens is 1. The molecule has 0 unspecified atom stereocenters. The Hall–Kier alpha value is -2.85. The number of nitrogens with one attached hydrogen (secondary N) is 2. The van der Waals surface area contributed by atoms with Crippen molar-refractivity contribution < 1.29 is 4.79 Å². The molecule has 0 fully saturated rings. The molecule has 4 nitrogen and oxygen atoms in total. The number of amides is 1. The van der Waals surface area contributed by atoms with Crippen LogP contribution in [0.4, 0.5) is 11.4 Å². The van der Waals surface area contributed by atoms with Crippen molar-refractivity contribution >= 4 is 28.9 Å². The number of rotatable bonds is 5. The summed E-state index contributed by atoms with van der Waals surface area (Å²) in [6.07, 6.45) is 3.25. The summed E-state index contributed by atoms with van der Waals surface area (Å²) in [6, 6.07) is 17.1. The molecule has 0 radical (unpaired) electrons. The molecule has 5 heteroatoms. The van der Waals surface area contributed by atoms with Crippen LogP contribution in [0.25, 0.3) is 0 Å². The van der Waals surface area contributed by atoms with Gasteiger partial charge in [0.15, 0.2) is 0 Å². The predicted molar refractivity (Wildman–Crippen MR) is 102 cm³/mol. The zero-order valence-corrected chi connectivity index (χ0v) is 14.5. The van der Waals surface area contributed by atoms with Crippen LogP contribution in [-0.2, 0) is 6.54 Å². The summed E-state index contributed by atoms with van der Waals surface area (Å²) in [7, 11) is 0. The van der Waals surface area contributed by atoms with E-state index in [9.17, 15) is 4.79 Å². The highest BCUT2D eigenvalue weighted by atomic mass is 35.5. The van der Waals surface area contributed by atoms with Crippen LogP contribution >= 0.6 is 11.6 Å². The van der Waals surface area contributed by atoms with Gasteiger partial charge >= 0.3 is 0 Å². The third-order valence-corrected chi connectivity index (χ3v) is 3.94. The van der Waals surface area contributed by atoms with E-state index in [-0.39, 0.29) is 5.91 Å². The molecule has 0 atom stereocenters. The average Bonchev–Trinajstić information content (AvgIpc) is 2.61. The van der Waals surface area contributed by atoms with Crippen LogP contribution < -0.4 is 10.6 Å². The van der Waals surface area contributed by atoms with Crippen LogP contribution in [0.1, 0.15) is 21.5 Å². The third kappa shape index (κ3) is 4.81. The maximum atomic E-state index is 12.4. The van der Waals surface area contributed by atoms with Gasteiger partial charge in [-0.05, 0) is 48.4 Å². The number of pyridine rings is 1. The molecule has 3 aromatic rings. The standard InChI is InChI=1S/C20H18ClN3O/c1-14-3-2-4-18(9-14)24-20(25)16-10-19(13-22-12-16)23-11-15-5-7-17(21)8-6-15/h2-10,12-13,23H,11H2,1H3,(H,24,25). The Morgan fingerprint density at radius 1 is 1.04 bits per heavy atom. The Morgan fingerprint density at radius 2 is 1.84 bits per heavy atom. The molecule has 0 aliphatic heterocycles. The summed E-state index contributed by atoms with van der Waals surface area (Å²) < 4.78 is 0. The van der Waals surface area contributed by atoms with Crippen molar-refractivity contribution in [2.24, 2.45) is 0 Å². The van der Waals surface area contributed by atoms with Crippen molar-refractivity contribution in [3.05, 3.63) is 88.7 Å². The second kappa shape index (κ2) is 7.81. The van der Waals surface area contributed by atoms with Crippen molar-refractivity contribution in [1.29, 1.82) is 0 Å². The summed E-state index contributed by atoms with van der Waals surface area (Å²) in [5.41, 5.74) is 4.24. The highest BCUT2D eigenvalue weighted by Crippen LogP contribution is 2.15. The number of benzene rings is 2. The number of nitrogens with zero attached hydrogens (tertiary/aromatic N) is 1. The van der Waals surface area contributed by atoms with E-state index in [0.29, 0.717) is 17.1 Å². The summed E-state index contributed by atoms with van der Waals surface area (Å²) >= 11 is 5.89. The minimum absolute atomic E-state index is 0.187. The lowest BCUT2D eigenvalue weighted by Gasteiger charge is -2.09. The van der Waals surface area contributed by atoms with Gasteiger partial charge in [0.05, 0.1) is 11.3 Å². The van der Waals surface area contributed by atoms with E-state index in [1.165, 1.54) is 0 Å². The van der Waals surface area contributed by atoms with Crippen molar-refractivity contribution in [1.82, 2.24) is 4.98 Å². The quantitative estimate of drug-likeness (QED) is 0.686. The largest absolute Gasteiger partial charge is 0.380 e. The summed E-state index contributed by atoms with van der Waals surface area (Å²) in [6.45, 7) is 2.61. The topological polar surface area (TPSA) is 54.0 Å². The minimum Gasteiger partial charge on any atom is -0.380 e. The average molecular weight is 352 g/mol. The summed E-state index contributed by atoms with van der Waals surface area (Å²) in [5.74, 6) is -0.187. The molecule has 0 saturated carbocycles. The molecular formula is C20H18ClN3O. The molecule has 0 spiro atoms. The molecule has 0 saturated heterocycles. The smallest absolute Gasteiger partial charge is 0.257 e. The zero-order chi connectivity index (χ0) is 17.6. The first kappa shape index (κ1) is 17.0. The van der Waals surface area contributed by atoms with E-state index in [0.717, 1.165) is 22.5 Å². The van der Waals surface area contributed by atoms with Gasteiger partial charge in [0, 0.05) is 29.6 Å². The number of aromatic nitrogens is 1. The van der Waals surface area contributed by atoms with Crippen LogP contribution in [-0.4, -0.2) is 10.9 Å². The maximum Gasteiger partial charge on any atom is 0.257 e. The zero-order valence-electron chi connectivity index (χ0n) is 13.8. The second-order valence-electron chi connectivity index (χ2n) is 5.77. The fourth-order valence-electron chi connectivity index (χ4n) is 2.39. The Bertz CT molecular complexity index is 878. The van der Waals surface area contributed by atoms with E-state index in [1.807, 2.05) is 55.5 Å². The molecule has 1 amide bonds. The fraction of sp³-hybridized carbons (Fsp3) is 0.100. The van der Waals surface area contributed by atoms with Gasteiger partial charge < -0.3 is 10.6 Å². The number of hydrogen-bond donors (Lipinski definition) is 2. The van der Waals surface area contributed by atoms with Gasteiger partial charge in [-0.25, -0.2) is 0 Å². The SMILES string of the molecule is Cc1cccc(NC(=O)c2cncc(NCc3ccc(Cl)cc3)c2)c1. The number of carbonyl (C=O) groups excluding carboxylic acids is 1. The van der Waals surface area contributed by atoms with Gasteiger partial charge in [-0.15, -0.1) is 0 Å². The van der Waals surface area contributed by atoms with Gasteiger partial charge in [-0.1, -0.05) is 35.9 Å². The first-order valence-electron chi connectivity index (χ1n) is 7.91. The Morgan fingerprint density at radius 3 is 2.60 bits per heavy atom. The number of hydrogen-bond acceptors (Lipinski definition) is 3. The van der Waals surface area contributed by atoms with Gasteiger partial charge in [-0.2, -0.15) is 0 Å². The number of aryl methyl sites for hydroxylation is 1. The summed E-state index contributed by atoms with van der Waals surface area (Å²) in [5, 5.41) is 6.86. The fourth-order valence-corrected chi connectivity index (χ4v) is 2.52. The van der Waals surface area contributed by atoms with E-state index in [2.05, 4.69) is 15.6 Å². The van der Waals surface area contributed by atoms with E-state index in [1.54, 1.807) is 18.5 Å². The monoisotopic (exact) mass is 351 g/mol. The maximum absolute atomic E-state index is 12.4. The van der Waals surface area contributed by atoms with E-state index >= 15 is 0 Å². The lowest BCUT2D eigenvalue weighted by Crippen LogP contribution is -2.13. The van der Waals surface area contributed by atoms with Crippen molar-refractivity contribution in [2.45, 2.75) is 13.5 Å². The molecule has 126 valence electrons. The van der Waals surface area contributed by atoms with Gasteiger partial charge in [0.2, 0.25) is 0 Å². The van der Waals surface area contributed by atoms with Gasteiger partial charge in [0.1, 0.15) is 0 Å². The van der Waals surface area contributed by atoms with Crippen LogP contribution in [0.2, 0.25) is 5.02 Å². The van der Waals surface area contributed by atoms with E-state index in [4.69, 9.17) is 11.6 Å². The Labute approximate surface area is 151 Å². The molecule has 0 bridgehead atoms. The lowest BCUT2D eigenvalue weighted by atomic mass is 10.2. The molecule has 0 aliphatic rings. The van der Waals surface area contributed by atoms with Crippen LogP contribution in [0.5, 0.6) is 0 Å². The molecule has 2 aromatic carbocycles. The number of carbonyl (C=O) groups is 1. The molecule has 1 heterocycles. The molecule has 3 rings (SSSR count). The van der Waals surface area contributed by atoms with Crippen molar-refractivity contribution in [3.8, 4) is 0 Å². The van der Waals surface area contributed by atoms with E-state index < -0.39 is 0 Å². The normalized spacial score (nSPS) is 10.3. The predicted octanol–water partition coefficient (Wildman–Crippen LogP) is 4.91. The van der Waals surface area contributed by atoms with Gasteiger partial charge in [-0.3, -0.25) is 9.78 Å². The first-order chi connectivity index (χ1) is 12.1. The Balaban J connectivity index is 1.66.